The van der Waals surface area contributed by atoms with E-state index in [2.05, 4.69) is 89.0 Å². The van der Waals surface area contributed by atoms with Crippen LogP contribution < -0.4 is 63.8 Å². The fourth-order valence-electron chi connectivity index (χ4n) is 7.05. The van der Waals surface area contributed by atoms with E-state index in [0.717, 1.165) is 65.0 Å². The molecule has 4 aliphatic rings. The van der Waals surface area contributed by atoms with Gasteiger partial charge >= 0.3 is 12.1 Å². The molecule has 7 rings (SSSR count). The summed E-state index contributed by atoms with van der Waals surface area (Å²) in [4.78, 5) is 132. The van der Waals surface area contributed by atoms with Crippen LogP contribution in [0.1, 0.15) is 138 Å². The first-order valence-corrected chi connectivity index (χ1v) is 31.1. The number of carbonyl (C=O) groups excluding carboxylic acids is 11. The van der Waals surface area contributed by atoms with Gasteiger partial charge in [0.1, 0.15) is 12.7 Å². The number of urea groups is 2. The maximum atomic E-state index is 11.1. The topological polar surface area (TPSA) is 424 Å². The van der Waals surface area contributed by atoms with Crippen LogP contribution in [0, 0.1) is 17.3 Å². The number of nitrogens with one attached hydrogen (secondary N) is 13. The molecule has 5 heterocycles. The number of benzene rings is 1. The van der Waals surface area contributed by atoms with E-state index in [4.69, 9.17) is 9.47 Å². The van der Waals surface area contributed by atoms with Crippen LogP contribution in [-0.4, -0.2) is 236 Å². The van der Waals surface area contributed by atoms with Gasteiger partial charge in [-0.3, -0.25) is 48.2 Å². The van der Waals surface area contributed by atoms with Gasteiger partial charge in [0.25, 0.3) is 23.6 Å². The monoisotopic (exact) mass is 1330 g/mol. The highest BCUT2D eigenvalue weighted by molar-refractivity contribution is 5.94. The summed E-state index contributed by atoms with van der Waals surface area (Å²) in [6.07, 6.45) is 15.1. The minimum Gasteiger partial charge on any atom is -0.359 e. The average molecular weight is 1330 g/mol. The van der Waals surface area contributed by atoms with Crippen molar-refractivity contribution in [1.29, 1.82) is 0 Å². The minimum atomic E-state index is -0.671. The molecule has 1 saturated carbocycles. The van der Waals surface area contributed by atoms with Gasteiger partial charge in [-0.05, 0) is 44.2 Å². The van der Waals surface area contributed by atoms with E-state index in [-0.39, 0.29) is 82.4 Å². The Hall–Kier alpha value is -8.91. The molecule has 0 radical (unpaired) electrons. The lowest BCUT2D eigenvalue weighted by Crippen LogP contribution is -2.49. The first kappa shape index (κ1) is 91.5. The Kier molecular flexibility index (Phi) is 57.6. The standard InChI is InChI=1S/C8H15NO.C8H9NO.C7H14N2O.C6H7N3O.C6H13N3O.C6H13NO.C5H9NO3.C5H11NO.C4H6N4O.C4H9NO.C3H7NO/c2*1-9-8(10)7-5-3-2-4-6-7;1-8-7(10)9-5-3-2-4-6-9;1-7-6(10)5-2-8-4-9-3-5;1-7-6(10)9-4-2-8-3-5-9;1-6(2,3)5(8)7-4;1-6-4(7)5-8-2-3-9-5;1-4(2)5(7)6-3;1-5-4(9)3-6-2-7-8-3;1-3-4(6)5-2;1-3(5)4-2/h7H,2-6H2,1H3,(H,9,10);2-6H,1H3,(H,9,10);2-6H2,1H3,(H,8,10);2-4H,1H3,(H,7,10);8H,2-5H2,1H3,(H,7,10);1-4H3,(H,7,8);5H,2-3H2,1H3,(H,6,7);4H,1-3H3,(H,6,7);2H,1H3,(H,5,9)(H,6,7,8);3H2,1-2H3,(H,5,6);1-2H3,(H,4,5). The molecule has 3 aliphatic heterocycles. The number of amides is 13. The number of likely N-dealkylation sites (tertiary alicyclic amines) is 1. The van der Waals surface area contributed by atoms with Crippen molar-refractivity contribution >= 4 is 65.2 Å². The second-order valence-electron chi connectivity index (χ2n) is 21.0. The van der Waals surface area contributed by atoms with Crippen LogP contribution in [0.15, 0.2) is 55.4 Å². The van der Waals surface area contributed by atoms with Crippen LogP contribution in [-0.2, 0) is 38.2 Å². The molecule has 13 amide bonds. The van der Waals surface area contributed by atoms with Crippen LogP contribution in [0.3, 0.4) is 0 Å². The molecule has 4 fully saturated rings. The van der Waals surface area contributed by atoms with Crippen LogP contribution in [0.25, 0.3) is 0 Å². The number of rotatable bonds is 7. The molecule has 32 heteroatoms. The third kappa shape index (κ3) is 48.8. The van der Waals surface area contributed by atoms with Crippen LogP contribution in [0.2, 0.25) is 0 Å². The Balaban J connectivity index is -0.000000477. The molecule has 13 N–H and O–H groups in total. The molecule has 0 spiro atoms. The molecule has 2 aromatic heterocycles. The number of nitrogens with zero attached hydrogens (tertiary/aromatic N) is 6. The number of likely N-dealkylation sites (N-methyl/N-ethyl adjacent to an activating group) is 1. The lowest BCUT2D eigenvalue weighted by Gasteiger charge is -2.26. The zero-order chi connectivity index (χ0) is 72.3. The highest BCUT2D eigenvalue weighted by Gasteiger charge is 2.23. The van der Waals surface area contributed by atoms with Crippen molar-refractivity contribution in [2.24, 2.45) is 17.3 Å². The second kappa shape index (κ2) is 59.1. The summed E-state index contributed by atoms with van der Waals surface area (Å²) in [6.45, 7) is 19.0. The SMILES string of the molecule is CCC(=O)NC.CNC(=O)C(C)(C)C.CNC(=O)C(C)C.CNC(=O)C1CCCCC1.CNC(=O)C1OCCO1.CNC(=O)N1CCCCC1.CNC(=O)N1CCNCC1.CNC(=O)c1ccccc1.CNC(=O)c1cncnc1.CNC(=O)c1ncn[nH]1.CNC(C)=O. The second-order valence-corrected chi connectivity index (χ2v) is 21.0. The van der Waals surface area contributed by atoms with Crippen molar-refractivity contribution in [1.82, 2.24) is 98.8 Å². The number of aromatic nitrogens is 5. The molecule has 1 aromatic carbocycles. The van der Waals surface area contributed by atoms with Crippen molar-refractivity contribution in [3.63, 3.8) is 0 Å². The highest BCUT2D eigenvalue weighted by atomic mass is 16.7. The quantitative estimate of drug-likeness (QED) is 0.160. The smallest absolute Gasteiger partial charge is 0.317 e. The van der Waals surface area contributed by atoms with Gasteiger partial charge in [-0.25, -0.2) is 24.5 Å². The summed E-state index contributed by atoms with van der Waals surface area (Å²) < 4.78 is 9.74. The summed E-state index contributed by atoms with van der Waals surface area (Å²) in [5.74, 6) is 0.500. The van der Waals surface area contributed by atoms with E-state index >= 15 is 0 Å². The van der Waals surface area contributed by atoms with Gasteiger partial charge in [-0.1, -0.05) is 79.0 Å². The molecule has 0 unspecified atom stereocenters. The number of piperazine rings is 1. The molecule has 1 aliphatic carbocycles. The fraction of sp³-hybridized carbons (Fsp3) is 0.629. The van der Waals surface area contributed by atoms with Gasteiger partial charge in [0.15, 0.2) is 0 Å². The Morgan fingerprint density at radius 2 is 1.02 bits per heavy atom. The van der Waals surface area contributed by atoms with E-state index in [9.17, 15) is 52.7 Å². The van der Waals surface area contributed by atoms with Crippen LogP contribution in [0.5, 0.6) is 0 Å². The molecule has 0 atom stereocenters. The summed E-state index contributed by atoms with van der Waals surface area (Å²) in [6, 6.07) is 9.21. The first-order valence-electron chi connectivity index (χ1n) is 31.1. The van der Waals surface area contributed by atoms with Gasteiger partial charge in [0, 0.05) is 165 Å². The van der Waals surface area contributed by atoms with E-state index < -0.39 is 6.29 Å². The van der Waals surface area contributed by atoms with Crippen LogP contribution in [0.4, 0.5) is 9.59 Å². The summed E-state index contributed by atoms with van der Waals surface area (Å²) in [5, 5.41) is 36.8. The maximum Gasteiger partial charge on any atom is 0.317 e. The molecule has 534 valence electrons. The number of aromatic amines is 1. The first-order chi connectivity index (χ1) is 44.6. The molecule has 0 bridgehead atoms. The number of piperidine rings is 1. The number of hydrogen-bond acceptors (Lipinski definition) is 18. The van der Waals surface area contributed by atoms with Crippen LogP contribution >= 0.6 is 0 Å². The number of hydrogen-bond donors (Lipinski definition) is 13. The Morgan fingerprint density at radius 1 is 0.553 bits per heavy atom. The largest absolute Gasteiger partial charge is 0.359 e. The minimum absolute atomic E-state index is 0.00463. The van der Waals surface area contributed by atoms with Gasteiger partial charge in [0.05, 0.1) is 18.8 Å². The van der Waals surface area contributed by atoms with Gasteiger partial charge in [-0.15, -0.1) is 0 Å². The molecule has 3 saturated heterocycles. The average Bonchev–Trinajstić information content (AvgIpc) is 3.07. The summed E-state index contributed by atoms with van der Waals surface area (Å²) in [5.41, 5.74) is 0.935. The highest BCUT2D eigenvalue weighted by Crippen LogP contribution is 2.23. The predicted molar refractivity (Wildman–Crippen MR) is 361 cm³/mol. The van der Waals surface area contributed by atoms with E-state index in [1.807, 2.05) is 64.6 Å². The van der Waals surface area contributed by atoms with Crippen molar-refractivity contribution in [2.75, 3.05) is 130 Å². The fourth-order valence-corrected chi connectivity index (χ4v) is 7.05. The molecular formula is C62H113N19O13. The van der Waals surface area contributed by atoms with Crippen molar-refractivity contribution in [3.05, 3.63) is 72.3 Å². The summed E-state index contributed by atoms with van der Waals surface area (Å²) >= 11 is 0. The third-order valence-corrected chi connectivity index (χ3v) is 12.6. The predicted octanol–water partition coefficient (Wildman–Crippen LogP) is 1.57. The lowest BCUT2D eigenvalue weighted by molar-refractivity contribution is -0.146. The normalized spacial score (nSPS) is 13.3. The van der Waals surface area contributed by atoms with Gasteiger partial charge < -0.3 is 83.1 Å². The molecule has 3 aromatic rings. The Morgan fingerprint density at radius 3 is 1.36 bits per heavy atom. The van der Waals surface area contributed by atoms with Gasteiger partial charge in [0.2, 0.25) is 41.7 Å². The third-order valence-electron chi connectivity index (χ3n) is 12.6. The van der Waals surface area contributed by atoms with Crippen molar-refractivity contribution in [2.45, 2.75) is 113 Å². The molecule has 32 nitrogen and oxygen atoms in total. The number of carbonyl (C=O) groups is 11. The Bertz CT molecular complexity index is 2370. The lowest BCUT2D eigenvalue weighted by atomic mass is 9.89. The Labute approximate surface area is 556 Å². The van der Waals surface area contributed by atoms with E-state index in [0.29, 0.717) is 36.7 Å². The van der Waals surface area contributed by atoms with Crippen molar-refractivity contribution < 1.29 is 62.2 Å². The summed E-state index contributed by atoms with van der Waals surface area (Å²) in [7, 11) is 17.8. The maximum absolute atomic E-state index is 11.1. The van der Waals surface area contributed by atoms with Gasteiger partial charge in [-0.2, -0.15) is 5.10 Å². The van der Waals surface area contributed by atoms with E-state index in [1.165, 1.54) is 64.7 Å². The van der Waals surface area contributed by atoms with E-state index in [1.54, 1.807) is 87.5 Å². The molecule has 94 heavy (non-hydrogen) atoms. The zero-order valence-corrected chi connectivity index (χ0v) is 58.9. The number of ether oxygens (including phenoxy) is 2. The zero-order valence-electron chi connectivity index (χ0n) is 58.9. The molecular weight excluding hydrogens is 1220 g/mol. The number of H-pyrrole nitrogens is 1. The van der Waals surface area contributed by atoms with Crippen molar-refractivity contribution in [3.8, 4) is 0 Å².